The molecule has 2 aromatic rings. The molecule has 0 heterocycles. The van der Waals surface area contributed by atoms with Crippen LogP contribution < -0.4 is 0 Å². The van der Waals surface area contributed by atoms with Crippen molar-refractivity contribution >= 4 is 11.9 Å². The number of carbonyl (C=O) groups is 2. The number of aromatic hydroxyl groups is 1. The topological polar surface area (TPSA) is 94.8 Å². The van der Waals surface area contributed by atoms with Crippen molar-refractivity contribution in [2.24, 2.45) is 0 Å². The molecule has 2 rings (SSSR count). The molecule has 2 aromatic carbocycles. The Morgan fingerprint density at radius 1 is 0.789 bits per heavy atom. The van der Waals surface area contributed by atoms with Crippen LogP contribution >= 0.6 is 0 Å². The van der Waals surface area contributed by atoms with E-state index in [-0.39, 0.29) is 16.9 Å². The van der Waals surface area contributed by atoms with Gasteiger partial charge in [-0.25, -0.2) is 9.59 Å². The van der Waals surface area contributed by atoms with Crippen molar-refractivity contribution in [2.45, 2.75) is 0 Å². The van der Waals surface area contributed by atoms with E-state index in [1.54, 1.807) is 12.1 Å². The summed E-state index contributed by atoms with van der Waals surface area (Å²) in [5.74, 6) is -2.39. The zero-order chi connectivity index (χ0) is 14.0. The van der Waals surface area contributed by atoms with E-state index in [1.165, 1.54) is 24.3 Å². The molecule has 0 bridgehead atoms. The minimum Gasteiger partial charge on any atom is -0.508 e. The summed E-state index contributed by atoms with van der Waals surface area (Å²) in [5.41, 5.74) is 0.746. The van der Waals surface area contributed by atoms with Gasteiger partial charge in [-0.3, -0.25) is 0 Å². The van der Waals surface area contributed by atoms with Crippen molar-refractivity contribution in [3.63, 3.8) is 0 Å². The fraction of sp³-hybridized carbons (Fsp3) is 0. The van der Waals surface area contributed by atoms with E-state index in [4.69, 9.17) is 10.2 Å². The average Bonchev–Trinajstić information content (AvgIpc) is 2.38. The van der Waals surface area contributed by atoms with Gasteiger partial charge >= 0.3 is 11.9 Å². The van der Waals surface area contributed by atoms with Crippen LogP contribution in [0.4, 0.5) is 0 Å². The van der Waals surface area contributed by atoms with E-state index in [1.807, 2.05) is 0 Å². The molecule has 3 N–H and O–H groups in total. The van der Waals surface area contributed by atoms with Gasteiger partial charge in [0.1, 0.15) is 5.75 Å². The fourth-order valence-corrected chi connectivity index (χ4v) is 1.73. The third-order valence-electron chi connectivity index (χ3n) is 2.61. The molecular formula is C14H10O5. The highest BCUT2D eigenvalue weighted by Gasteiger charge is 2.12. The first-order valence-corrected chi connectivity index (χ1v) is 5.38. The molecule has 0 unspecified atom stereocenters. The van der Waals surface area contributed by atoms with Crippen LogP contribution in [-0.2, 0) is 0 Å². The Bertz CT molecular complexity index is 628. The predicted molar refractivity (Wildman–Crippen MR) is 67.5 cm³/mol. The molecule has 0 saturated heterocycles. The highest BCUT2D eigenvalue weighted by atomic mass is 16.4. The average molecular weight is 258 g/mol. The lowest BCUT2D eigenvalue weighted by atomic mass is 9.99. The van der Waals surface area contributed by atoms with Gasteiger partial charge in [-0.05, 0) is 41.5 Å². The molecule has 0 fully saturated rings. The maximum atomic E-state index is 11.0. The normalized spacial score (nSPS) is 10.1. The molecule has 5 heteroatoms. The highest BCUT2D eigenvalue weighted by molar-refractivity contribution is 5.96. The molecule has 0 aliphatic heterocycles. The maximum absolute atomic E-state index is 11.0. The van der Waals surface area contributed by atoms with Crippen LogP contribution in [0.15, 0.2) is 42.5 Å². The van der Waals surface area contributed by atoms with Crippen LogP contribution in [0, 0.1) is 0 Å². The number of aromatic carboxylic acids is 2. The van der Waals surface area contributed by atoms with E-state index in [0.29, 0.717) is 11.1 Å². The van der Waals surface area contributed by atoms with Crippen LogP contribution in [0.1, 0.15) is 20.7 Å². The first kappa shape index (κ1) is 12.6. The van der Waals surface area contributed by atoms with Crippen LogP contribution in [0.25, 0.3) is 11.1 Å². The Balaban J connectivity index is 2.62. The molecule has 0 spiro atoms. The van der Waals surface area contributed by atoms with Crippen molar-refractivity contribution in [1.82, 2.24) is 0 Å². The van der Waals surface area contributed by atoms with Crippen LogP contribution in [-0.4, -0.2) is 27.3 Å². The molecule has 19 heavy (non-hydrogen) atoms. The van der Waals surface area contributed by atoms with Crippen LogP contribution in [0.3, 0.4) is 0 Å². The number of benzene rings is 2. The minimum atomic E-state index is -1.20. The van der Waals surface area contributed by atoms with Crippen LogP contribution in [0.5, 0.6) is 5.75 Å². The van der Waals surface area contributed by atoms with Gasteiger partial charge in [-0.2, -0.15) is 0 Å². The Morgan fingerprint density at radius 3 is 1.84 bits per heavy atom. The van der Waals surface area contributed by atoms with Gasteiger partial charge in [0.15, 0.2) is 0 Å². The zero-order valence-electron chi connectivity index (χ0n) is 9.70. The van der Waals surface area contributed by atoms with Gasteiger partial charge in [0.2, 0.25) is 0 Å². The number of phenolic OH excluding ortho intramolecular Hbond substituents is 1. The van der Waals surface area contributed by atoms with Crippen LogP contribution in [0.2, 0.25) is 0 Å². The molecule has 0 saturated carbocycles. The number of hydrogen-bond donors (Lipinski definition) is 3. The predicted octanol–water partition coefficient (Wildman–Crippen LogP) is 2.46. The number of hydrogen-bond acceptors (Lipinski definition) is 3. The second kappa shape index (κ2) is 4.81. The van der Waals surface area contributed by atoms with E-state index in [9.17, 15) is 14.7 Å². The third-order valence-corrected chi connectivity index (χ3v) is 2.61. The van der Waals surface area contributed by atoms with E-state index < -0.39 is 11.9 Å². The summed E-state index contributed by atoms with van der Waals surface area (Å²) in [5, 5.41) is 27.3. The summed E-state index contributed by atoms with van der Waals surface area (Å²) in [6.07, 6.45) is 0. The first-order chi connectivity index (χ1) is 8.97. The summed E-state index contributed by atoms with van der Waals surface area (Å²) in [7, 11) is 0. The molecule has 0 atom stereocenters. The second-order valence-electron chi connectivity index (χ2n) is 3.96. The Hall–Kier alpha value is -2.82. The zero-order valence-corrected chi connectivity index (χ0v) is 9.70. The molecule has 0 aliphatic rings. The van der Waals surface area contributed by atoms with Crippen molar-refractivity contribution in [2.75, 3.05) is 0 Å². The van der Waals surface area contributed by atoms with Gasteiger partial charge in [0.25, 0.3) is 0 Å². The molecule has 0 radical (unpaired) electrons. The summed E-state index contributed by atoms with van der Waals surface area (Å²) in [4.78, 5) is 22.0. The Kier molecular flexibility index (Phi) is 3.20. The quantitative estimate of drug-likeness (QED) is 0.786. The molecular weight excluding hydrogens is 248 g/mol. The number of phenols is 1. The van der Waals surface area contributed by atoms with Gasteiger partial charge in [-0.15, -0.1) is 0 Å². The molecule has 0 aromatic heterocycles. The third kappa shape index (κ3) is 2.71. The number of carboxylic acid groups (broad SMARTS) is 2. The first-order valence-electron chi connectivity index (χ1n) is 5.38. The molecule has 5 nitrogen and oxygen atoms in total. The lowest BCUT2D eigenvalue weighted by molar-refractivity contribution is 0.0696. The van der Waals surface area contributed by atoms with E-state index in [2.05, 4.69) is 0 Å². The summed E-state index contributed by atoms with van der Waals surface area (Å²) >= 11 is 0. The van der Waals surface area contributed by atoms with E-state index >= 15 is 0 Å². The Morgan fingerprint density at radius 2 is 1.37 bits per heavy atom. The fourth-order valence-electron chi connectivity index (χ4n) is 1.73. The highest BCUT2D eigenvalue weighted by Crippen LogP contribution is 2.25. The molecule has 0 amide bonds. The summed E-state index contributed by atoms with van der Waals surface area (Å²) in [6.45, 7) is 0. The van der Waals surface area contributed by atoms with Gasteiger partial charge < -0.3 is 15.3 Å². The van der Waals surface area contributed by atoms with Gasteiger partial charge in [0.05, 0.1) is 11.1 Å². The standard InChI is InChI=1S/C14H10O5/c15-12-3-1-2-8(7-12)9-4-10(13(16)17)6-11(5-9)14(18)19/h1-7,15H,(H,16,17)(H,18,19). The van der Waals surface area contributed by atoms with Gasteiger partial charge in [-0.1, -0.05) is 12.1 Å². The van der Waals surface area contributed by atoms with E-state index in [0.717, 1.165) is 6.07 Å². The largest absolute Gasteiger partial charge is 0.508 e. The number of carboxylic acids is 2. The minimum absolute atomic E-state index is 0.0232. The lowest BCUT2D eigenvalue weighted by Gasteiger charge is -2.06. The Labute approximate surface area is 108 Å². The summed E-state index contributed by atoms with van der Waals surface area (Å²) in [6, 6.07) is 9.99. The molecule has 96 valence electrons. The maximum Gasteiger partial charge on any atom is 0.335 e. The van der Waals surface area contributed by atoms with Crippen molar-refractivity contribution in [3.8, 4) is 16.9 Å². The monoisotopic (exact) mass is 258 g/mol. The smallest absolute Gasteiger partial charge is 0.335 e. The van der Waals surface area contributed by atoms with Crippen molar-refractivity contribution in [1.29, 1.82) is 0 Å². The SMILES string of the molecule is O=C(O)c1cc(C(=O)O)cc(-c2cccc(O)c2)c1. The van der Waals surface area contributed by atoms with Crippen molar-refractivity contribution < 1.29 is 24.9 Å². The van der Waals surface area contributed by atoms with Crippen molar-refractivity contribution in [3.05, 3.63) is 53.6 Å². The van der Waals surface area contributed by atoms with Gasteiger partial charge in [0, 0.05) is 0 Å². The second-order valence-corrected chi connectivity index (χ2v) is 3.96. The lowest BCUT2D eigenvalue weighted by Crippen LogP contribution is -2.02. The number of rotatable bonds is 3. The molecule has 0 aliphatic carbocycles. The summed E-state index contributed by atoms with van der Waals surface area (Å²) < 4.78 is 0.